The zero-order valence-electron chi connectivity index (χ0n) is 5.03. The average Bonchev–Trinajstić information content (AvgIpc) is 2.19. The maximum Gasteiger partial charge on any atom is 0.253 e. The largest absolute Gasteiger partial charge is 0.313 e. The second kappa shape index (κ2) is 1.45. The van der Waals surface area contributed by atoms with E-state index in [0.29, 0.717) is 13.0 Å². The Morgan fingerprint density at radius 2 is 2.22 bits per heavy atom. The van der Waals surface area contributed by atoms with E-state index in [4.69, 9.17) is 0 Å². The molecular weight excluding hydrogens is 124 g/mol. The van der Waals surface area contributed by atoms with Gasteiger partial charge in [0, 0.05) is 24.9 Å². The van der Waals surface area contributed by atoms with Crippen molar-refractivity contribution in [2.24, 2.45) is 5.92 Å². The Morgan fingerprint density at radius 1 is 1.44 bits per heavy atom. The molecule has 0 unspecified atom stereocenters. The molecule has 1 nitrogen and oxygen atoms in total. The highest BCUT2D eigenvalue weighted by molar-refractivity contribution is 4.99. The van der Waals surface area contributed by atoms with Crippen LogP contribution in [-0.2, 0) is 0 Å². The third-order valence-corrected chi connectivity index (χ3v) is 2.34. The molecular formula is C6H9F2N. The topological polar surface area (TPSA) is 12.0 Å². The molecule has 1 saturated heterocycles. The lowest BCUT2D eigenvalue weighted by atomic mass is 10.1. The number of halogens is 2. The van der Waals surface area contributed by atoms with Crippen LogP contribution in [0.3, 0.4) is 0 Å². The van der Waals surface area contributed by atoms with Crippen molar-refractivity contribution in [3.63, 3.8) is 0 Å². The summed E-state index contributed by atoms with van der Waals surface area (Å²) in [6.07, 6.45) is 0.755. The van der Waals surface area contributed by atoms with Crippen molar-refractivity contribution in [1.82, 2.24) is 5.32 Å². The molecule has 2 atom stereocenters. The third-order valence-electron chi connectivity index (χ3n) is 2.34. The van der Waals surface area contributed by atoms with Crippen molar-refractivity contribution in [2.45, 2.75) is 24.8 Å². The van der Waals surface area contributed by atoms with E-state index in [-0.39, 0.29) is 18.4 Å². The van der Waals surface area contributed by atoms with Gasteiger partial charge in [-0.3, -0.25) is 0 Å². The van der Waals surface area contributed by atoms with Gasteiger partial charge in [0.05, 0.1) is 0 Å². The van der Waals surface area contributed by atoms with Gasteiger partial charge in [-0.2, -0.15) is 0 Å². The van der Waals surface area contributed by atoms with E-state index in [0.717, 1.165) is 0 Å². The van der Waals surface area contributed by atoms with Crippen LogP contribution in [0.4, 0.5) is 8.78 Å². The first-order valence-electron chi connectivity index (χ1n) is 3.30. The molecule has 0 aromatic heterocycles. The number of alkyl halides is 2. The van der Waals surface area contributed by atoms with Gasteiger partial charge < -0.3 is 5.32 Å². The Morgan fingerprint density at radius 3 is 2.44 bits per heavy atom. The molecule has 2 rings (SSSR count). The van der Waals surface area contributed by atoms with Gasteiger partial charge in [-0.15, -0.1) is 0 Å². The van der Waals surface area contributed by atoms with Crippen LogP contribution in [0.1, 0.15) is 12.8 Å². The predicted molar refractivity (Wildman–Crippen MR) is 29.5 cm³/mol. The lowest BCUT2D eigenvalue weighted by molar-refractivity contribution is -0.0451. The predicted octanol–water partition coefficient (Wildman–Crippen LogP) is 1.00. The van der Waals surface area contributed by atoms with Crippen LogP contribution >= 0.6 is 0 Å². The van der Waals surface area contributed by atoms with E-state index < -0.39 is 5.92 Å². The van der Waals surface area contributed by atoms with E-state index in [1.165, 1.54) is 0 Å². The minimum absolute atomic E-state index is 0.0671. The van der Waals surface area contributed by atoms with E-state index in [1.807, 2.05) is 0 Å². The highest BCUT2D eigenvalue weighted by atomic mass is 19.3. The number of rotatable bonds is 0. The molecule has 0 aromatic rings. The Bertz CT molecular complexity index is 135. The van der Waals surface area contributed by atoms with Crippen molar-refractivity contribution < 1.29 is 8.78 Å². The number of hydrogen-bond donors (Lipinski definition) is 1. The van der Waals surface area contributed by atoms with Gasteiger partial charge in [0.25, 0.3) is 5.92 Å². The van der Waals surface area contributed by atoms with E-state index in [1.54, 1.807) is 0 Å². The first-order valence-corrected chi connectivity index (χ1v) is 3.30. The fraction of sp³-hybridized carbons (Fsp3) is 1.00. The smallest absolute Gasteiger partial charge is 0.253 e. The molecule has 1 aliphatic carbocycles. The van der Waals surface area contributed by atoms with Crippen LogP contribution in [0.15, 0.2) is 0 Å². The van der Waals surface area contributed by atoms with Gasteiger partial charge in [-0.25, -0.2) is 8.78 Å². The number of hydrogen-bond acceptors (Lipinski definition) is 1. The summed E-state index contributed by atoms with van der Waals surface area (Å²) in [5.41, 5.74) is 0. The van der Waals surface area contributed by atoms with E-state index in [2.05, 4.69) is 5.32 Å². The zero-order valence-corrected chi connectivity index (χ0v) is 5.03. The summed E-state index contributed by atoms with van der Waals surface area (Å²) in [6.45, 7) is 0.525. The van der Waals surface area contributed by atoms with Crippen molar-refractivity contribution in [3.05, 3.63) is 0 Å². The van der Waals surface area contributed by atoms with E-state index in [9.17, 15) is 8.78 Å². The van der Waals surface area contributed by atoms with Gasteiger partial charge in [0.2, 0.25) is 0 Å². The third kappa shape index (κ3) is 0.674. The summed E-state index contributed by atoms with van der Waals surface area (Å²) in [6, 6.07) is 0.116. The highest BCUT2D eigenvalue weighted by Crippen LogP contribution is 2.43. The molecule has 1 N–H and O–H groups in total. The SMILES string of the molecule is FC1(F)C[C@H]2C[C@H]1CN2. The standard InChI is InChI=1S/C6H9F2N/c7-6(8)2-5-1-4(6)3-9-5/h4-5,9H,1-3H2/t4-,5+/m0/s1. The summed E-state index contributed by atoms with van der Waals surface area (Å²) in [5.74, 6) is -2.71. The van der Waals surface area contributed by atoms with Crippen LogP contribution in [-0.4, -0.2) is 18.5 Å². The molecule has 3 heteroatoms. The van der Waals surface area contributed by atoms with E-state index >= 15 is 0 Å². The summed E-state index contributed by atoms with van der Waals surface area (Å²) < 4.78 is 25.2. The summed E-state index contributed by atoms with van der Waals surface area (Å²) in [4.78, 5) is 0. The Hall–Kier alpha value is -0.180. The van der Waals surface area contributed by atoms with Gasteiger partial charge in [0.1, 0.15) is 0 Å². The quantitative estimate of drug-likeness (QED) is 0.520. The molecule has 2 fully saturated rings. The zero-order chi connectivity index (χ0) is 6.48. The minimum atomic E-state index is -2.35. The van der Waals surface area contributed by atoms with Crippen molar-refractivity contribution in [2.75, 3.05) is 6.54 Å². The fourth-order valence-electron chi connectivity index (χ4n) is 1.79. The number of fused-ring (bicyclic) bond motifs is 2. The van der Waals surface area contributed by atoms with Gasteiger partial charge in [-0.1, -0.05) is 0 Å². The Labute approximate surface area is 52.4 Å². The van der Waals surface area contributed by atoms with Crippen LogP contribution < -0.4 is 5.32 Å². The molecule has 1 saturated carbocycles. The molecule has 0 aromatic carbocycles. The van der Waals surface area contributed by atoms with Crippen LogP contribution in [0.2, 0.25) is 0 Å². The second-order valence-corrected chi connectivity index (χ2v) is 3.00. The molecule has 0 spiro atoms. The van der Waals surface area contributed by atoms with Crippen molar-refractivity contribution >= 4 is 0 Å². The molecule has 1 heterocycles. The molecule has 2 bridgehead atoms. The summed E-state index contributed by atoms with van der Waals surface area (Å²) in [5, 5.41) is 3.03. The molecule has 52 valence electrons. The average molecular weight is 133 g/mol. The van der Waals surface area contributed by atoms with Crippen LogP contribution in [0.25, 0.3) is 0 Å². The van der Waals surface area contributed by atoms with Crippen LogP contribution in [0, 0.1) is 5.92 Å². The molecule has 1 aliphatic heterocycles. The first kappa shape index (κ1) is 5.59. The lowest BCUT2D eigenvalue weighted by Crippen LogP contribution is -2.36. The maximum atomic E-state index is 12.6. The molecule has 0 amide bonds. The Kier molecular flexibility index (Phi) is 0.903. The van der Waals surface area contributed by atoms with Crippen molar-refractivity contribution in [3.8, 4) is 0 Å². The number of piperidine rings is 1. The minimum Gasteiger partial charge on any atom is -0.313 e. The summed E-state index contributed by atoms with van der Waals surface area (Å²) >= 11 is 0. The highest BCUT2D eigenvalue weighted by Gasteiger charge is 2.52. The molecule has 0 radical (unpaired) electrons. The normalized spacial score (nSPS) is 46.0. The van der Waals surface area contributed by atoms with Gasteiger partial charge in [-0.05, 0) is 6.42 Å². The van der Waals surface area contributed by atoms with Crippen LogP contribution in [0.5, 0.6) is 0 Å². The lowest BCUT2D eigenvalue weighted by Gasteiger charge is -2.21. The first-order chi connectivity index (χ1) is 4.18. The molecule has 9 heavy (non-hydrogen) atoms. The van der Waals surface area contributed by atoms with Gasteiger partial charge in [0.15, 0.2) is 0 Å². The molecule has 2 aliphatic rings. The Balaban J connectivity index is 2.18. The maximum absolute atomic E-state index is 12.6. The van der Waals surface area contributed by atoms with Crippen molar-refractivity contribution in [1.29, 1.82) is 0 Å². The monoisotopic (exact) mass is 133 g/mol. The summed E-state index contributed by atoms with van der Waals surface area (Å²) in [7, 11) is 0. The fourth-order valence-corrected chi connectivity index (χ4v) is 1.79. The number of nitrogens with one attached hydrogen (secondary N) is 1. The van der Waals surface area contributed by atoms with Gasteiger partial charge >= 0.3 is 0 Å². The second-order valence-electron chi connectivity index (χ2n) is 3.00.